The second-order valence-corrected chi connectivity index (χ2v) is 4.94. The second kappa shape index (κ2) is 6.45. The molecule has 20 heavy (non-hydrogen) atoms. The molecule has 1 atom stereocenters. The van der Waals surface area contributed by atoms with Crippen molar-refractivity contribution in [1.82, 2.24) is 10.4 Å². The van der Waals surface area contributed by atoms with Crippen LogP contribution in [0, 0.1) is 5.92 Å². The molecule has 0 saturated carbocycles. The van der Waals surface area contributed by atoms with Crippen molar-refractivity contribution in [3.05, 3.63) is 47.5 Å². The number of hydrogen-bond acceptors (Lipinski definition) is 5. The lowest BCUT2D eigenvalue weighted by molar-refractivity contribution is 0.310. The molecule has 0 saturated heterocycles. The Morgan fingerprint density at radius 2 is 2.35 bits per heavy atom. The molecule has 0 radical (unpaired) electrons. The first kappa shape index (κ1) is 14.4. The molecule has 2 heterocycles. The highest BCUT2D eigenvalue weighted by molar-refractivity contribution is 5.74. The van der Waals surface area contributed by atoms with Gasteiger partial charge in [-0.15, -0.1) is 0 Å². The molecule has 2 aliphatic heterocycles. The van der Waals surface area contributed by atoms with Crippen LogP contribution in [0.15, 0.2) is 57.5 Å². The Kier molecular flexibility index (Phi) is 4.65. The van der Waals surface area contributed by atoms with Gasteiger partial charge < -0.3 is 5.73 Å². The van der Waals surface area contributed by atoms with Gasteiger partial charge in [0.2, 0.25) is 0 Å². The Morgan fingerprint density at radius 3 is 3.00 bits per heavy atom. The summed E-state index contributed by atoms with van der Waals surface area (Å²) in [6.07, 6.45) is 11.6. The van der Waals surface area contributed by atoms with E-state index in [0.29, 0.717) is 5.92 Å². The Bertz CT molecular complexity index is 522. The molecule has 0 aliphatic carbocycles. The van der Waals surface area contributed by atoms with E-state index >= 15 is 0 Å². The zero-order valence-corrected chi connectivity index (χ0v) is 12.0. The van der Waals surface area contributed by atoms with Crippen LogP contribution in [-0.2, 0) is 0 Å². The van der Waals surface area contributed by atoms with E-state index in [9.17, 15) is 0 Å². The summed E-state index contributed by atoms with van der Waals surface area (Å²) in [7, 11) is 0. The van der Waals surface area contributed by atoms with Crippen molar-refractivity contribution in [3.63, 3.8) is 0 Å². The SMILES string of the molecule is C=N/C(=C\C=N/CN)C1=C2C=CC=CN2NC1C(C)C. The van der Waals surface area contributed by atoms with Crippen LogP contribution in [0.1, 0.15) is 13.8 Å². The maximum atomic E-state index is 5.37. The molecule has 2 rings (SSSR count). The third kappa shape index (κ3) is 2.79. The summed E-state index contributed by atoms with van der Waals surface area (Å²) in [6, 6.07) is 0.195. The quantitative estimate of drug-likeness (QED) is 0.749. The molecule has 1 unspecified atom stereocenters. The van der Waals surface area contributed by atoms with Gasteiger partial charge in [-0.3, -0.25) is 15.0 Å². The summed E-state index contributed by atoms with van der Waals surface area (Å²) in [5, 5.41) is 2.03. The van der Waals surface area contributed by atoms with E-state index in [4.69, 9.17) is 5.73 Å². The summed E-state index contributed by atoms with van der Waals surface area (Å²) in [6.45, 7) is 8.31. The summed E-state index contributed by atoms with van der Waals surface area (Å²) in [5.41, 5.74) is 11.9. The fourth-order valence-electron chi connectivity index (χ4n) is 2.33. The summed E-state index contributed by atoms with van der Waals surface area (Å²) >= 11 is 0. The van der Waals surface area contributed by atoms with E-state index in [1.165, 1.54) is 0 Å². The van der Waals surface area contributed by atoms with E-state index in [2.05, 4.69) is 42.1 Å². The number of nitrogens with one attached hydrogen (secondary N) is 1. The second-order valence-electron chi connectivity index (χ2n) is 4.94. The van der Waals surface area contributed by atoms with Gasteiger partial charge in [-0.1, -0.05) is 19.9 Å². The van der Waals surface area contributed by atoms with E-state index in [-0.39, 0.29) is 12.7 Å². The minimum absolute atomic E-state index is 0.195. The topological polar surface area (TPSA) is 66.0 Å². The van der Waals surface area contributed by atoms with Gasteiger partial charge in [0, 0.05) is 18.0 Å². The van der Waals surface area contributed by atoms with Crippen LogP contribution in [0.4, 0.5) is 0 Å². The molecule has 0 bridgehead atoms. The van der Waals surface area contributed by atoms with Crippen LogP contribution < -0.4 is 11.2 Å². The smallest absolute Gasteiger partial charge is 0.0859 e. The van der Waals surface area contributed by atoms with Crippen LogP contribution in [0.5, 0.6) is 0 Å². The zero-order chi connectivity index (χ0) is 14.5. The Labute approximate surface area is 119 Å². The Hall–Kier alpha value is -1.98. The van der Waals surface area contributed by atoms with Crippen molar-refractivity contribution in [2.45, 2.75) is 19.9 Å². The fourth-order valence-corrected chi connectivity index (χ4v) is 2.33. The maximum Gasteiger partial charge on any atom is 0.0859 e. The molecule has 5 heteroatoms. The van der Waals surface area contributed by atoms with Gasteiger partial charge >= 0.3 is 0 Å². The maximum absolute atomic E-state index is 5.37. The number of rotatable bonds is 5. The molecule has 0 amide bonds. The first-order chi connectivity index (χ1) is 9.69. The lowest BCUT2D eigenvalue weighted by Crippen LogP contribution is -2.37. The highest BCUT2D eigenvalue weighted by Crippen LogP contribution is 2.33. The molecule has 0 aromatic carbocycles. The van der Waals surface area contributed by atoms with Crippen molar-refractivity contribution in [3.8, 4) is 0 Å². The van der Waals surface area contributed by atoms with Crippen LogP contribution in [0.2, 0.25) is 0 Å². The van der Waals surface area contributed by atoms with Crippen LogP contribution >= 0.6 is 0 Å². The first-order valence-electron chi connectivity index (χ1n) is 6.70. The number of allylic oxidation sites excluding steroid dienone is 4. The zero-order valence-electron chi connectivity index (χ0n) is 12.0. The molecule has 0 aromatic heterocycles. The van der Waals surface area contributed by atoms with E-state index < -0.39 is 0 Å². The number of nitrogens with zero attached hydrogens (tertiary/aromatic N) is 3. The van der Waals surface area contributed by atoms with Gasteiger partial charge in [-0.05, 0) is 30.9 Å². The normalized spacial score (nSPS) is 22.3. The van der Waals surface area contributed by atoms with E-state index in [1.54, 1.807) is 6.21 Å². The average Bonchev–Trinajstić information content (AvgIpc) is 2.83. The highest BCUT2D eigenvalue weighted by Gasteiger charge is 2.33. The summed E-state index contributed by atoms with van der Waals surface area (Å²) < 4.78 is 0. The lowest BCUT2D eigenvalue weighted by Gasteiger charge is -2.21. The standard InChI is InChI=1S/C15H21N5/c1-11(2)15-14(12(17-3)7-8-18-10-16)13-6-4-5-9-20(13)19-15/h4-9,11,15,19H,3,10,16H2,1-2H3/b12-7-,18-8-. The minimum atomic E-state index is 0.195. The van der Waals surface area contributed by atoms with Gasteiger partial charge in [0.05, 0.1) is 24.1 Å². The predicted octanol–water partition coefficient (Wildman–Crippen LogP) is 1.74. The molecule has 106 valence electrons. The van der Waals surface area contributed by atoms with Crippen molar-refractivity contribution in [1.29, 1.82) is 0 Å². The predicted molar refractivity (Wildman–Crippen MR) is 84.1 cm³/mol. The average molecular weight is 271 g/mol. The van der Waals surface area contributed by atoms with E-state index in [0.717, 1.165) is 17.0 Å². The lowest BCUT2D eigenvalue weighted by atomic mass is 9.93. The van der Waals surface area contributed by atoms with Crippen molar-refractivity contribution >= 4 is 12.9 Å². The Balaban J connectivity index is 2.44. The van der Waals surface area contributed by atoms with Crippen LogP contribution in [-0.4, -0.2) is 30.7 Å². The van der Waals surface area contributed by atoms with Crippen molar-refractivity contribution in [2.75, 3.05) is 6.67 Å². The molecule has 0 fully saturated rings. The first-order valence-corrected chi connectivity index (χ1v) is 6.70. The Morgan fingerprint density at radius 1 is 1.55 bits per heavy atom. The molecular formula is C15H21N5. The minimum Gasteiger partial charge on any atom is -0.312 e. The number of aliphatic imine (C=N–C) groups is 2. The van der Waals surface area contributed by atoms with Gasteiger partial charge in [-0.2, -0.15) is 0 Å². The van der Waals surface area contributed by atoms with Gasteiger partial charge in [0.25, 0.3) is 0 Å². The van der Waals surface area contributed by atoms with Gasteiger partial charge in [0.15, 0.2) is 0 Å². The largest absolute Gasteiger partial charge is 0.312 e. The highest BCUT2D eigenvalue weighted by atomic mass is 15.5. The number of hydrogen-bond donors (Lipinski definition) is 2. The van der Waals surface area contributed by atoms with E-state index in [1.807, 2.05) is 29.4 Å². The molecule has 0 spiro atoms. The van der Waals surface area contributed by atoms with Gasteiger partial charge in [-0.25, -0.2) is 5.43 Å². The van der Waals surface area contributed by atoms with Crippen LogP contribution in [0.25, 0.3) is 0 Å². The van der Waals surface area contributed by atoms with Gasteiger partial charge in [0.1, 0.15) is 0 Å². The molecule has 0 aromatic rings. The number of nitrogens with two attached hydrogens (primary N) is 1. The third-order valence-electron chi connectivity index (χ3n) is 3.28. The third-order valence-corrected chi connectivity index (χ3v) is 3.28. The molecular weight excluding hydrogens is 250 g/mol. The van der Waals surface area contributed by atoms with Crippen molar-refractivity contribution < 1.29 is 0 Å². The van der Waals surface area contributed by atoms with Crippen molar-refractivity contribution in [2.24, 2.45) is 21.6 Å². The number of hydrazine groups is 1. The molecule has 2 aliphatic rings. The monoisotopic (exact) mass is 271 g/mol. The summed E-state index contributed by atoms with van der Waals surface area (Å²) in [5.74, 6) is 0.432. The van der Waals surface area contributed by atoms with Crippen LogP contribution in [0.3, 0.4) is 0 Å². The molecule has 5 nitrogen and oxygen atoms in total. The summed E-state index contributed by atoms with van der Waals surface area (Å²) in [4.78, 5) is 8.17. The molecule has 3 N–H and O–H groups in total. The number of fused-ring (bicyclic) bond motifs is 1. The fraction of sp³-hybridized carbons (Fsp3) is 0.333.